The molecule has 42 valence electrons. The number of rotatable bonds is 2. The molecule has 2 heteroatoms. The molecule has 0 aliphatic rings. The summed E-state index contributed by atoms with van der Waals surface area (Å²) in [4.78, 5) is 0. The number of phenols is 2. The molecule has 2 nitrogen and oxygen atoms in total. The highest BCUT2D eigenvalue weighted by atomic mass is 16.3. The van der Waals surface area contributed by atoms with E-state index >= 15 is 0 Å². The first kappa shape index (κ1) is 1.41. The van der Waals surface area contributed by atoms with Gasteiger partial charge in [0.05, 0.1) is 5.48 Å². The van der Waals surface area contributed by atoms with E-state index in [1.165, 1.54) is 0 Å². The first-order valence-electron chi connectivity index (χ1n) is 4.72. The Morgan fingerprint density at radius 3 is 2.12 bits per heavy atom. The summed E-state index contributed by atoms with van der Waals surface area (Å²) in [5.74, 6) is -0.989. The highest BCUT2D eigenvalue weighted by Gasteiger charge is 1.90. The van der Waals surface area contributed by atoms with Crippen molar-refractivity contribution in [3.8, 4) is 11.5 Å². The SMILES string of the molecule is [2H]Oc1c([2H])c([2H])c([2H])c([2H])c1O[2H]. The van der Waals surface area contributed by atoms with Crippen LogP contribution in [0.15, 0.2) is 24.2 Å². The van der Waals surface area contributed by atoms with E-state index in [4.69, 9.17) is 8.35 Å². The summed E-state index contributed by atoms with van der Waals surface area (Å²) in [5.41, 5.74) is 0. The number of hydrogen-bond acceptors (Lipinski definition) is 2. The number of aromatic hydroxyl groups is 2. The third-order valence-electron chi connectivity index (χ3n) is 0.621. The van der Waals surface area contributed by atoms with Crippen molar-refractivity contribution in [2.75, 3.05) is 0 Å². The number of para-hydroxylation sites is 2. The largest absolute Gasteiger partial charge is 0.504 e. The minimum absolute atomic E-state index is 0.494. The zero-order chi connectivity index (χ0) is 10.9. The van der Waals surface area contributed by atoms with E-state index in [9.17, 15) is 0 Å². The highest BCUT2D eigenvalue weighted by Crippen LogP contribution is 2.21. The monoisotopic (exact) mass is 116 g/mol. The second-order valence-corrected chi connectivity index (χ2v) is 1.16. The highest BCUT2D eigenvalue weighted by molar-refractivity contribution is 5.36. The van der Waals surface area contributed by atoms with E-state index in [1.807, 2.05) is 0 Å². The third kappa shape index (κ3) is 0.729. The second kappa shape index (κ2) is 1.74. The van der Waals surface area contributed by atoms with Crippen molar-refractivity contribution >= 4 is 0 Å². The summed E-state index contributed by atoms with van der Waals surface area (Å²) in [6, 6.07) is -2.14. The summed E-state index contributed by atoms with van der Waals surface area (Å²) in [6.07, 6.45) is 0. The van der Waals surface area contributed by atoms with Gasteiger partial charge in [0.25, 0.3) is 2.86 Å². The molecule has 1 aromatic rings. The van der Waals surface area contributed by atoms with Crippen LogP contribution in [0.4, 0.5) is 0 Å². The summed E-state index contributed by atoms with van der Waals surface area (Å²) in [5, 5.41) is 7.96. The van der Waals surface area contributed by atoms with Gasteiger partial charge in [-0.2, -0.15) is 0 Å². The molecule has 0 saturated carbocycles. The molecule has 0 bridgehead atoms. The van der Waals surface area contributed by atoms with Crippen molar-refractivity contribution in [1.82, 2.24) is 0 Å². The minimum atomic E-state index is -0.539. The third-order valence-corrected chi connectivity index (χ3v) is 0.621. The van der Waals surface area contributed by atoms with Crippen molar-refractivity contribution in [3.63, 3.8) is 0 Å². The van der Waals surface area contributed by atoms with Crippen LogP contribution in [0.1, 0.15) is 5.48 Å². The molecule has 2 N–H and O–H groups in total. The van der Waals surface area contributed by atoms with Crippen LogP contribution in [-0.2, 0) is 0 Å². The standard InChI is InChI=1S/C6H6O2/c7-5-3-1-2-4-6(5)8/h1-4,7-8H/i1D,2D,3D,4D/hD2. The molecule has 0 saturated heterocycles. The molecule has 0 aromatic heterocycles. The van der Waals surface area contributed by atoms with E-state index < -0.39 is 35.7 Å². The Hall–Kier alpha value is -1.18. The molecule has 0 unspecified atom stereocenters. The zero-order valence-electron chi connectivity index (χ0n) is 9.82. The van der Waals surface area contributed by atoms with Crippen molar-refractivity contribution < 1.29 is 15.7 Å². The number of hydrogen-bond donors (Lipinski definition) is 2. The van der Waals surface area contributed by atoms with Gasteiger partial charge in [0.15, 0.2) is 11.5 Å². The maximum atomic E-state index is 7.28. The van der Waals surface area contributed by atoms with Crippen LogP contribution >= 0.6 is 0 Å². The van der Waals surface area contributed by atoms with Gasteiger partial charge in [-0.25, -0.2) is 0 Å². The Balaban J connectivity index is 3.57. The Kier molecular flexibility index (Phi) is 0.305. The topological polar surface area (TPSA) is 40.5 Å². The molecule has 0 fully saturated rings. The van der Waals surface area contributed by atoms with E-state index in [-0.39, 0.29) is 0 Å². The van der Waals surface area contributed by atoms with Gasteiger partial charge in [-0.1, -0.05) is 12.1 Å². The van der Waals surface area contributed by atoms with E-state index in [0.717, 1.165) is 0 Å². The molecule has 1 rings (SSSR count). The van der Waals surface area contributed by atoms with E-state index in [1.54, 1.807) is 0 Å². The Morgan fingerprint density at radius 2 is 1.75 bits per heavy atom. The fourth-order valence-corrected chi connectivity index (χ4v) is 0.290. The van der Waals surface area contributed by atoms with Crippen LogP contribution in [0.3, 0.4) is 0 Å². The summed E-state index contributed by atoms with van der Waals surface area (Å²) >= 11 is 0. The zero-order valence-corrected chi connectivity index (χ0v) is 3.82. The lowest BCUT2D eigenvalue weighted by molar-refractivity contribution is 0.404. The predicted octanol–water partition coefficient (Wildman–Crippen LogP) is 1.10. The van der Waals surface area contributed by atoms with Gasteiger partial charge >= 0.3 is 0 Å². The van der Waals surface area contributed by atoms with E-state index in [0.29, 0.717) is 0 Å². The van der Waals surface area contributed by atoms with Gasteiger partial charge in [0, 0.05) is 0 Å². The average molecular weight is 116 g/mol. The molecule has 1 aromatic carbocycles. The van der Waals surface area contributed by atoms with Crippen LogP contribution in [0.25, 0.3) is 0 Å². The first-order chi connectivity index (χ1) is 6.54. The normalized spacial score (nSPS) is 18.5. The molecule has 0 atom stereocenters. The smallest absolute Gasteiger partial charge is 0.293 e. The maximum Gasteiger partial charge on any atom is 0.293 e. The molecule has 8 heavy (non-hydrogen) atoms. The lowest BCUT2D eigenvalue weighted by Crippen LogP contribution is -1.63. The van der Waals surface area contributed by atoms with Crippen LogP contribution in [0.5, 0.6) is 11.5 Å². The van der Waals surface area contributed by atoms with Crippen LogP contribution < -0.4 is 0 Å². The van der Waals surface area contributed by atoms with Gasteiger partial charge in [-0.3, -0.25) is 0 Å². The molecular formula is C6H6O2. The van der Waals surface area contributed by atoms with Crippen molar-refractivity contribution in [2.45, 2.75) is 0 Å². The lowest BCUT2D eigenvalue weighted by atomic mass is 10.3. The fraction of sp³-hybridized carbons (Fsp3) is 0. The number of benzene rings is 1. The van der Waals surface area contributed by atoms with Gasteiger partial charge in [0.1, 0.15) is 0 Å². The Morgan fingerprint density at radius 1 is 1.25 bits per heavy atom. The molecule has 0 aliphatic carbocycles. The van der Waals surface area contributed by atoms with Crippen LogP contribution in [0, 0.1) is 0 Å². The molecule has 0 heterocycles. The second-order valence-electron chi connectivity index (χ2n) is 1.16. The van der Waals surface area contributed by atoms with Crippen molar-refractivity contribution in [1.29, 1.82) is 2.86 Å². The minimum Gasteiger partial charge on any atom is -0.504 e. The molecule has 0 spiro atoms. The van der Waals surface area contributed by atoms with Gasteiger partial charge in [0.2, 0.25) is 0 Å². The summed E-state index contributed by atoms with van der Waals surface area (Å²) in [6.45, 7) is 0. The van der Waals surface area contributed by atoms with E-state index in [2.05, 4.69) is 10.2 Å². The maximum absolute atomic E-state index is 7.28. The van der Waals surface area contributed by atoms with Gasteiger partial charge in [-0.15, -0.1) is 0 Å². The first-order valence-corrected chi connectivity index (χ1v) is 1.91. The molecular weight excluding hydrogens is 104 g/mol. The predicted molar refractivity (Wildman–Crippen MR) is 29.8 cm³/mol. The summed E-state index contributed by atoms with van der Waals surface area (Å²) in [7, 11) is 0. The Bertz CT molecular complexity index is 331. The van der Waals surface area contributed by atoms with Crippen molar-refractivity contribution in [2.24, 2.45) is 0 Å². The fourth-order valence-electron chi connectivity index (χ4n) is 0.290. The van der Waals surface area contributed by atoms with Gasteiger partial charge < -0.3 is 10.2 Å². The molecule has 0 aliphatic heterocycles. The van der Waals surface area contributed by atoms with Crippen molar-refractivity contribution in [3.05, 3.63) is 24.2 Å². The quantitative estimate of drug-likeness (QED) is 0.568. The Labute approximate surface area is 55.6 Å². The van der Waals surface area contributed by atoms with Crippen LogP contribution in [-0.4, -0.2) is 13.1 Å². The molecule has 0 radical (unpaired) electrons. The molecule has 0 amide bonds. The lowest BCUT2D eigenvalue weighted by Gasteiger charge is -1.91. The van der Waals surface area contributed by atoms with Crippen LogP contribution in [0.2, 0.25) is 0 Å². The van der Waals surface area contributed by atoms with Gasteiger partial charge in [-0.05, 0) is 12.1 Å². The summed E-state index contributed by atoms with van der Waals surface area (Å²) < 4.78 is 42.2. The number of phenolic OH excluding ortho intramolecular Hbond substituents is 2. The average Bonchev–Trinajstić information content (AvgIpc) is 2.20.